The number of pyridine rings is 1. The van der Waals surface area contributed by atoms with E-state index in [1.54, 1.807) is 0 Å². The van der Waals surface area contributed by atoms with Gasteiger partial charge >= 0.3 is 12.3 Å². The summed E-state index contributed by atoms with van der Waals surface area (Å²) in [6.45, 7) is 0. The smallest absolute Gasteiger partial charge is 0.469 e. The number of carbonyl (C=O) groups is 1. The molecule has 1 aromatic heterocycles. The summed E-state index contributed by atoms with van der Waals surface area (Å²) in [4.78, 5) is 14.2. The minimum Gasteiger partial charge on any atom is -0.469 e. The number of aromatic nitrogens is 1. The largest absolute Gasteiger partial charge is 0.574 e. The second-order valence-corrected chi connectivity index (χ2v) is 4.58. The molecule has 0 unspecified atom stereocenters. The molecule has 4 nitrogen and oxygen atoms in total. The van der Waals surface area contributed by atoms with Crippen molar-refractivity contribution in [1.82, 2.24) is 4.98 Å². The molecule has 1 heterocycles. The molecular weight excluding hydrogens is 404 g/mol. The highest BCUT2D eigenvalue weighted by molar-refractivity contribution is 14.1. The molecule has 1 rings (SSSR count). The van der Waals surface area contributed by atoms with E-state index in [4.69, 9.17) is 0 Å². The van der Waals surface area contributed by atoms with Gasteiger partial charge in [-0.25, -0.2) is 13.8 Å². The van der Waals surface area contributed by atoms with Gasteiger partial charge in [0.1, 0.15) is 5.69 Å². The maximum Gasteiger partial charge on any atom is 0.574 e. The monoisotopic (exact) mass is 411 g/mol. The van der Waals surface area contributed by atoms with Crippen LogP contribution in [0.2, 0.25) is 0 Å². The molecule has 10 heteroatoms. The van der Waals surface area contributed by atoms with E-state index in [-0.39, 0.29) is 9.13 Å². The number of methoxy groups -OCH3 is 1. The van der Waals surface area contributed by atoms with Gasteiger partial charge in [0.25, 0.3) is 6.43 Å². The van der Waals surface area contributed by atoms with E-state index in [0.29, 0.717) is 0 Å². The Labute approximate surface area is 123 Å². The van der Waals surface area contributed by atoms with Gasteiger partial charge in [-0.3, -0.25) is 4.79 Å². The fourth-order valence-corrected chi connectivity index (χ4v) is 1.96. The third-order valence-corrected chi connectivity index (χ3v) is 2.89. The molecule has 0 spiro atoms. The molecule has 0 aliphatic heterocycles. The molecule has 0 N–H and O–H groups in total. The molecule has 0 aliphatic carbocycles. The number of esters is 1. The van der Waals surface area contributed by atoms with Crippen LogP contribution in [0.3, 0.4) is 0 Å². The first kappa shape index (κ1) is 16.9. The molecule has 20 heavy (non-hydrogen) atoms. The van der Waals surface area contributed by atoms with E-state index in [9.17, 15) is 26.7 Å². The normalized spacial score (nSPS) is 11.6. The highest BCUT2D eigenvalue weighted by Gasteiger charge is 2.34. The van der Waals surface area contributed by atoms with Crippen molar-refractivity contribution in [3.05, 3.63) is 20.9 Å². The maximum absolute atomic E-state index is 12.6. The Balaban J connectivity index is 3.26. The fourth-order valence-electron chi connectivity index (χ4n) is 1.23. The van der Waals surface area contributed by atoms with Crippen molar-refractivity contribution in [2.75, 3.05) is 7.11 Å². The van der Waals surface area contributed by atoms with Crippen LogP contribution in [-0.2, 0) is 16.0 Å². The standard InChI is InChI=1S/C10H7F5INO3/c1-19-6(18)3-4-2-5(16)7(8(11)12)17-9(4)20-10(13,14)15/h2,8H,3H2,1H3. The molecule has 0 radical (unpaired) electrons. The molecule has 0 aliphatic rings. The Morgan fingerprint density at radius 1 is 1.45 bits per heavy atom. The molecule has 112 valence electrons. The lowest BCUT2D eigenvalue weighted by atomic mass is 10.2. The van der Waals surface area contributed by atoms with Crippen molar-refractivity contribution in [3.8, 4) is 5.88 Å². The van der Waals surface area contributed by atoms with Crippen LogP contribution in [0.15, 0.2) is 6.07 Å². The zero-order chi connectivity index (χ0) is 15.5. The molecule has 0 saturated heterocycles. The lowest BCUT2D eigenvalue weighted by Gasteiger charge is -2.14. The summed E-state index contributed by atoms with van der Waals surface area (Å²) in [6.07, 6.45) is -8.75. The quantitative estimate of drug-likeness (QED) is 0.434. The highest BCUT2D eigenvalue weighted by atomic mass is 127. The van der Waals surface area contributed by atoms with Gasteiger partial charge in [-0.05, 0) is 28.7 Å². The van der Waals surface area contributed by atoms with Crippen molar-refractivity contribution in [2.24, 2.45) is 0 Å². The summed E-state index contributed by atoms with van der Waals surface area (Å²) in [6, 6.07) is 0.979. The van der Waals surface area contributed by atoms with Crippen molar-refractivity contribution in [1.29, 1.82) is 0 Å². The predicted molar refractivity (Wildman–Crippen MR) is 64.3 cm³/mol. The number of nitrogens with zero attached hydrogens (tertiary/aromatic N) is 1. The van der Waals surface area contributed by atoms with Crippen LogP contribution in [0.1, 0.15) is 17.7 Å². The second-order valence-electron chi connectivity index (χ2n) is 3.42. The minimum absolute atomic E-state index is 0.0778. The van der Waals surface area contributed by atoms with Crippen LogP contribution in [0.5, 0.6) is 5.88 Å². The summed E-state index contributed by atoms with van der Waals surface area (Å²) < 4.78 is 69.6. The Bertz CT molecular complexity index is 506. The van der Waals surface area contributed by atoms with E-state index in [1.807, 2.05) is 0 Å². The van der Waals surface area contributed by atoms with Crippen molar-refractivity contribution in [2.45, 2.75) is 19.2 Å². The molecular formula is C10H7F5INO3. The molecule has 0 saturated carbocycles. The third kappa shape index (κ3) is 4.72. The number of carbonyl (C=O) groups excluding carboxylic acids is 1. The van der Waals surface area contributed by atoms with E-state index in [0.717, 1.165) is 13.2 Å². The van der Waals surface area contributed by atoms with Gasteiger partial charge in [0, 0.05) is 9.13 Å². The highest BCUT2D eigenvalue weighted by Crippen LogP contribution is 2.31. The van der Waals surface area contributed by atoms with Gasteiger partial charge < -0.3 is 9.47 Å². The van der Waals surface area contributed by atoms with Gasteiger partial charge in [-0.15, -0.1) is 13.2 Å². The SMILES string of the molecule is COC(=O)Cc1cc(I)c(C(F)F)nc1OC(F)(F)F. The molecule has 0 aromatic carbocycles. The average Bonchev–Trinajstić information content (AvgIpc) is 2.30. The Hall–Kier alpha value is -1.20. The van der Waals surface area contributed by atoms with E-state index < -0.39 is 36.8 Å². The lowest BCUT2D eigenvalue weighted by Crippen LogP contribution is -2.20. The van der Waals surface area contributed by atoms with Crippen LogP contribution in [-0.4, -0.2) is 24.4 Å². The van der Waals surface area contributed by atoms with Crippen molar-refractivity contribution >= 4 is 28.6 Å². The Kier molecular flexibility index (Phi) is 5.48. The van der Waals surface area contributed by atoms with Crippen LogP contribution >= 0.6 is 22.6 Å². The second kappa shape index (κ2) is 6.50. The minimum atomic E-state index is -5.11. The lowest BCUT2D eigenvalue weighted by molar-refractivity contribution is -0.276. The van der Waals surface area contributed by atoms with Gasteiger partial charge in [0.15, 0.2) is 0 Å². The maximum atomic E-state index is 12.6. The van der Waals surface area contributed by atoms with Gasteiger partial charge in [0.05, 0.1) is 13.5 Å². The van der Waals surface area contributed by atoms with Gasteiger partial charge in [-0.2, -0.15) is 0 Å². The van der Waals surface area contributed by atoms with Crippen molar-refractivity contribution < 1.29 is 36.2 Å². The van der Waals surface area contributed by atoms with Gasteiger partial charge in [-0.1, -0.05) is 0 Å². The number of ether oxygens (including phenoxy) is 2. The van der Waals surface area contributed by atoms with Crippen LogP contribution < -0.4 is 4.74 Å². The van der Waals surface area contributed by atoms with Crippen LogP contribution in [0.25, 0.3) is 0 Å². The number of halogens is 6. The molecule has 1 aromatic rings. The van der Waals surface area contributed by atoms with E-state index in [1.165, 1.54) is 22.6 Å². The summed E-state index contributed by atoms with van der Waals surface area (Å²) in [5, 5.41) is 0. The number of hydrogen-bond donors (Lipinski definition) is 0. The van der Waals surface area contributed by atoms with E-state index in [2.05, 4.69) is 14.5 Å². The van der Waals surface area contributed by atoms with Crippen LogP contribution in [0.4, 0.5) is 22.0 Å². The Morgan fingerprint density at radius 3 is 2.50 bits per heavy atom. The first-order chi connectivity index (χ1) is 9.14. The van der Waals surface area contributed by atoms with E-state index >= 15 is 0 Å². The molecule has 0 atom stereocenters. The molecule has 0 fully saturated rings. The first-order valence-corrected chi connectivity index (χ1v) is 6.02. The first-order valence-electron chi connectivity index (χ1n) is 4.94. The number of rotatable bonds is 4. The molecule has 0 bridgehead atoms. The summed E-state index contributed by atoms with van der Waals surface area (Å²) >= 11 is 1.48. The summed E-state index contributed by atoms with van der Waals surface area (Å²) in [7, 11) is 1.04. The van der Waals surface area contributed by atoms with Crippen molar-refractivity contribution in [3.63, 3.8) is 0 Å². The number of hydrogen-bond acceptors (Lipinski definition) is 4. The zero-order valence-electron chi connectivity index (χ0n) is 9.80. The molecule has 0 amide bonds. The third-order valence-electron chi connectivity index (χ3n) is 2.02. The van der Waals surface area contributed by atoms with Gasteiger partial charge in [0.2, 0.25) is 5.88 Å². The average molecular weight is 411 g/mol. The number of alkyl halides is 5. The predicted octanol–water partition coefficient (Wildman–Crippen LogP) is 3.24. The van der Waals surface area contributed by atoms with Crippen LogP contribution in [0, 0.1) is 3.57 Å². The fraction of sp³-hybridized carbons (Fsp3) is 0.400. The Morgan fingerprint density at radius 2 is 2.05 bits per heavy atom. The topological polar surface area (TPSA) is 48.4 Å². The zero-order valence-corrected chi connectivity index (χ0v) is 12.0. The summed E-state index contributed by atoms with van der Waals surface area (Å²) in [5.41, 5.74) is -1.14. The summed E-state index contributed by atoms with van der Waals surface area (Å²) in [5.74, 6) is -1.93.